The van der Waals surface area contributed by atoms with Crippen LogP contribution in [0.15, 0.2) is 75.9 Å². The molecule has 0 bridgehead atoms. The summed E-state index contributed by atoms with van der Waals surface area (Å²) in [4.78, 5) is 24.3. The van der Waals surface area contributed by atoms with E-state index in [1.165, 1.54) is 6.07 Å². The Hall–Kier alpha value is -3.40. The third-order valence-corrected chi connectivity index (χ3v) is 4.77. The van der Waals surface area contributed by atoms with Crippen LogP contribution in [-0.4, -0.2) is 5.97 Å². The molecule has 0 saturated carbocycles. The number of esters is 1. The van der Waals surface area contributed by atoms with Gasteiger partial charge in [-0.1, -0.05) is 55.8 Å². The molecule has 0 amide bonds. The summed E-state index contributed by atoms with van der Waals surface area (Å²) >= 11 is 0. The average Bonchev–Trinajstić information content (AvgIpc) is 2.68. The van der Waals surface area contributed by atoms with Crippen LogP contribution in [0.5, 0.6) is 5.75 Å². The van der Waals surface area contributed by atoms with Crippen LogP contribution in [0, 0.1) is 0 Å². The molecule has 0 N–H and O–H groups in total. The van der Waals surface area contributed by atoms with Crippen molar-refractivity contribution in [3.63, 3.8) is 0 Å². The lowest BCUT2D eigenvalue weighted by Crippen LogP contribution is -2.11. The van der Waals surface area contributed by atoms with E-state index in [1.807, 2.05) is 48.5 Å². The molecule has 0 radical (unpaired) electrons. The first-order chi connectivity index (χ1) is 13.6. The van der Waals surface area contributed by atoms with E-state index in [1.54, 1.807) is 12.1 Å². The second-order valence-electron chi connectivity index (χ2n) is 6.79. The molecule has 0 aliphatic carbocycles. The number of aryl methyl sites for hydroxylation is 1. The van der Waals surface area contributed by atoms with E-state index in [-0.39, 0.29) is 12.4 Å². The highest BCUT2D eigenvalue weighted by Crippen LogP contribution is 2.24. The van der Waals surface area contributed by atoms with E-state index < -0.39 is 5.63 Å². The van der Waals surface area contributed by atoms with Crippen LogP contribution in [-0.2, 0) is 17.6 Å². The molecule has 1 heterocycles. The van der Waals surface area contributed by atoms with E-state index in [4.69, 9.17) is 9.15 Å². The minimum atomic E-state index is -0.393. The average molecular weight is 372 g/mol. The molecular weight excluding hydrogens is 352 g/mol. The van der Waals surface area contributed by atoms with Crippen molar-refractivity contribution < 1.29 is 13.9 Å². The van der Waals surface area contributed by atoms with Crippen molar-refractivity contribution in [1.29, 1.82) is 0 Å². The van der Waals surface area contributed by atoms with Crippen LogP contribution in [0.2, 0.25) is 0 Å². The lowest BCUT2D eigenvalue weighted by atomic mass is 10.0. The Morgan fingerprint density at radius 3 is 2.61 bits per heavy atom. The SMILES string of the molecule is CCCc1cc(=O)oc2cc(OC(=O)Cc3cccc4ccccc34)ccc12. The number of fused-ring (bicyclic) bond motifs is 2. The molecular formula is C24H20O4. The summed E-state index contributed by atoms with van der Waals surface area (Å²) in [5.41, 5.74) is 1.91. The lowest BCUT2D eigenvalue weighted by Gasteiger charge is -2.09. The summed E-state index contributed by atoms with van der Waals surface area (Å²) in [6.45, 7) is 2.06. The van der Waals surface area contributed by atoms with Gasteiger partial charge in [0.05, 0.1) is 6.42 Å². The Morgan fingerprint density at radius 1 is 0.929 bits per heavy atom. The molecule has 0 aliphatic rings. The minimum absolute atomic E-state index is 0.166. The number of ether oxygens (including phenoxy) is 1. The second-order valence-corrected chi connectivity index (χ2v) is 6.79. The molecule has 28 heavy (non-hydrogen) atoms. The smallest absolute Gasteiger partial charge is 0.336 e. The maximum absolute atomic E-state index is 12.5. The van der Waals surface area contributed by atoms with Gasteiger partial charge in [-0.05, 0) is 40.5 Å². The number of rotatable bonds is 5. The maximum Gasteiger partial charge on any atom is 0.336 e. The summed E-state index contributed by atoms with van der Waals surface area (Å²) in [5, 5.41) is 3.00. The zero-order valence-electron chi connectivity index (χ0n) is 15.6. The van der Waals surface area contributed by atoms with Crippen LogP contribution in [0.25, 0.3) is 21.7 Å². The summed E-state index contributed by atoms with van der Waals surface area (Å²) in [6.07, 6.45) is 1.89. The van der Waals surface area contributed by atoms with Gasteiger partial charge < -0.3 is 9.15 Å². The van der Waals surface area contributed by atoms with E-state index in [0.29, 0.717) is 11.3 Å². The van der Waals surface area contributed by atoms with E-state index in [0.717, 1.165) is 40.1 Å². The topological polar surface area (TPSA) is 56.5 Å². The van der Waals surface area contributed by atoms with Gasteiger partial charge in [0.2, 0.25) is 0 Å². The lowest BCUT2D eigenvalue weighted by molar-refractivity contribution is -0.133. The predicted octanol–water partition coefficient (Wildman–Crippen LogP) is 5.05. The third-order valence-electron chi connectivity index (χ3n) is 4.77. The summed E-state index contributed by atoms with van der Waals surface area (Å²) < 4.78 is 10.8. The molecule has 4 nitrogen and oxygen atoms in total. The molecule has 0 unspecified atom stereocenters. The first kappa shape index (κ1) is 18.0. The second kappa shape index (κ2) is 7.69. The molecule has 140 valence electrons. The fraction of sp³-hybridized carbons (Fsp3) is 0.167. The number of carbonyl (C=O) groups excluding carboxylic acids is 1. The van der Waals surface area contributed by atoms with Crippen molar-refractivity contribution in [3.8, 4) is 5.75 Å². The Morgan fingerprint density at radius 2 is 1.75 bits per heavy atom. The highest BCUT2D eigenvalue weighted by Gasteiger charge is 2.11. The number of benzene rings is 3. The number of carbonyl (C=O) groups is 1. The minimum Gasteiger partial charge on any atom is -0.426 e. The van der Waals surface area contributed by atoms with Crippen LogP contribution in [0.4, 0.5) is 0 Å². The predicted molar refractivity (Wildman–Crippen MR) is 110 cm³/mol. The number of hydrogen-bond acceptors (Lipinski definition) is 4. The molecule has 0 atom stereocenters. The summed E-state index contributed by atoms with van der Waals surface area (Å²) in [5.74, 6) is 0.0114. The van der Waals surface area contributed by atoms with Gasteiger partial charge in [0.15, 0.2) is 0 Å². The van der Waals surface area contributed by atoms with Gasteiger partial charge in [-0.25, -0.2) is 4.79 Å². The van der Waals surface area contributed by atoms with Crippen molar-refractivity contribution in [2.75, 3.05) is 0 Å². The van der Waals surface area contributed by atoms with E-state index >= 15 is 0 Å². The Bertz CT molecular complexity index is 1210. The van der Waals surface area contributed by atoms with Crippen LogP contribution < -0.4 is 10.4 Å². The largest absolute Gasteiger partial charge is 0.426 e. The molecule has 0 saturated heterocycles. The van der Waals surface area contributed by atoms with Gasteiger partial charge in [-0.15, -0.1) is 0 Å². The third kappa shape index (κ3) is 3.67. The quantitative estimate of drug-likeness (QED) is 0.280. The van der Waals surface area contributed by atoms with Crippen molar-refractivity contribution in [2.24, 2.45) is 0 Å². The van der Waals surface area contributed by atoms with Crippen molar-refractivity contribution in [1.82, 2.24) is 0 Å². The van der Waals surface area contributed by atoms with Crippen LogP contribution >= 0.6 is 0 Å². The zero-order valence-corrected chi connectivity index (χ0v) is 15.6. The first-order valence-electron chi connectivity index (χ1n) is 9.38. The van der Waals surface area contributed by atoms with Gasteiger partial charge in [-0.2, -0.15) is 0 Å². The molecule has 0 aliphatic heterocycles. The van der Waals surface area contributed by atoms with Crippen LogP contribution in [0.3, 0.4) is 0 Å². The Balaban J connectivity index is 1.59. The monoisotopic (exact) mass is 372 g/mol. The molecule has 4 aromatic rings. The Kier molecular flexibility index (Phi) is 4.94. The fourth-order valence-electron chi connectivity index (χ4n) is 3.52. The zero-order chi connectivity index (χ0) is 19.5. The van der Waals surface area contributed by atoms with Gasteiger partial charge >= 0.3 is 11.6 Å². The molecule has 0 fully saturated rings. The maximum atomic E-state index is 12.5. The molecule has 4 heteroatoms. The van der Waals surface area contributed by atoms with Crippen molar-refractivity contribution in [3.05, 3.63) is 88.3 Å². The summed E-state index contributed by atoms with van der Waals surface area (Å²) in [6, 6.07) is 20.5. The first-order valence-corrected chi connectivity index (χ1v) is 9.38. The molecule has 4 rings (SSSR count). The molecule has 0 spiro atoms. The highest BCUT2D eigenvalue weighted by atomic mass is 16.5. The van der Waals surface area contributed by atoms with Crippen molar-refractivity contribution >= 4 is 27.7 Å². The molecule has 3 aromatic carbocycles. The van der Waals surface area contributed by atoms with Gasteiger partial charge in [0, 0.05) is 17.5 Å². The van der Waals surface area contributed by atoms with E-state index in [9.17, 15) is 9.59 Å². The number of hydrogen-bond donors (Lipinski definition) is 0. The van der Waals surface area contributed by atoms with Gasteiger partial charge in [-0.3, -0.25) is 4.79 Å². The summed E-state index contributed by atoms with van der Waals surface area (Å²) in [7, 11) is 0. The normalized spacial score (nSPS) is 11.0. The molecule has 1 aromatic heterocycles. The van der Waals surface area contributed by atoms with Crippen LogP contribution in [0.1, 0.15) is 24.5 Å². The van der Waals surface area contributed by atoms with Crippen molar-refractivity contribution in [2.45, 2.75) is 26.2 Å². The fourth-order valence-corrected chi connectivity index (χ4v) is 3.52. The standard InChI is InChI=1S/C24H20O4/c1-2-6-17-13-24(26)28-22-15-19(11-12-21(17)22)27-23(25)14-18-9-5-8-16-7-3-4-10-20(16)18/h3-5,7-13,15H,2,6,14H2,1H3. The Labute approximate surface area is 162 Å². The van der Waals surface area contributed by atoms with Gasteiger partial charge in [0.1, 0.15) is 11.3 Å². The highest BCUT2D eigenvalue weighted by molar-refractivity contribution is 5.89. The van der Waals surface area contributed by atoms with Gasteiger partial charge in [0.25, 0.3) is 0 Å². The van der Waals surface area contributed by atoms with E-state index in [2.05, 4.69) is 6.92 Å².